The van der Waals surface area contributed by atoms with E-state index in [0.717, 1.165) is 19.3 Å². The first-order chi connectivity index (χ1) is 6.98. The molecule has 0 aromatic carbocycles. The van der Waals surface area contributed by atoms with E-state index in [-0.39, 0.29) is 17.9 Å². The molecular formula is C10H20O4S. The van der Waals surface area contributed by atoms with Crippen LogP contribution in [0.4, 0.5) is 0 Å². The van der Waals surface area contributed by atoms with Crippen molar-refractivity contribution in [3.8, 4) is 0 Å². The van der Waals surface area contributed by atoms with Gasteiger partial charge in [-0.25, -0.2) is 8.42 Å². The van der Waals surface area contributed by atoms with Gasteiger partial charge in [-0.2, -0.15) is 0 Å². The summed E-state index contributed by atoms with van der Waals surface area (Å²) >= 11 is 0. The lowest BCUT2D eigenvalue weighted by atomic mass is 10.2. The molecule has 0 radical (unpaired) electrons. The van der Waals surface area contributed by atoms with Gasteiger partial charge in [-0.3, -0.25) is 4.79 Å². The molecule has 0 saturated carbocycles. The second-order valence-electron chi connectivity index (χ2n) is 3.71. The highest BCUT2D eigenvalue weighted by Crippen LogP contribution is 2.04. The van der Waals surface area contributed by atoms with Crippen LogP contribution in [0.1, 0.15) is 45.4 Å². The molecule has 0 amide bonds. The van der Waals surface area contributed by atoms with E-state index in [4.69, 9.17) is 5.11 Å². The van der Waals surface area contributed by atoms with Crippen molar-refractivity contribution in [2.24, 2.45) is 0 Å². The van der Waals surface area contributed by atoms with E-state index in [9.17, 15) is 13.2 Å². The average Bonchev–Trinajstić information content (AvgIpc) is 2.13. The van der Waals surface area contributed by atoms with E-state index in [1.807, 2.05) is 6.92 Å². The predicted molar refractivity (Wildman–Crippen MR) is 59.7 cm³/mol. The van der Waals surface area contributed by atoms with E-state index in [0.29, 0.717) is 12.8 Å². The Hall–Kier alpha value is -0.580. The van der Waals surface area contributed by atoms with Gasteiger partial charge < -0.3 is 5.11 Å². The zero-order valence-corrected chi connectivity index (χ0v) is 10.1. The molecule has 0 fully saturated rings. The van der Waals surface area contributed by atoms with Crippen LogP contribution in [0, 0.1) is 0 Å². The molecule has 1 N–H and O–H groups in total. The smallest absolute Gasteiger partial charge is 0.303 e. The number of carbonyl (C=O) groups is 1. The van der Waals surface area contributed by atoms with E-state index in [1.54, 1.807) is 0 Å². The number of hydrogen-bond acceptors (Lipinski definition) is 3. The van der Waals surface area contributed by atoms with Crippen molar-refractivity contribution in [1.29, 1.82) is 0 Å². The van der Waals surface area contributed by atoms with Crippen molar-refractivity contribution in [3.63, 3.8) is 0 Å². The van der Waals surface area contributed by atoms with Crippen molar-refractivity contribution < 1.29 is 18.3 Å². The largest absolute Gasteiger partial charge is 0.481 e. The van der Waals surface area contributed by atoms with Gasteiger partial charge in [0.05, 0.1) is 11.5 Å². The van der Waals surface area contributed by atoms with Gasteiger partial charge in [-0.15, -0.1) is 0 Å². The van der Waals surface area contributed by atoms with Crippen molar-refractivity contribution in [2.75, 3.05) is 11.5 Å². The minimum Gasteiger partial charge on any atom is -0.481 e. The first-order valence-corrected chi connectivity index (χ1v) is 7.22. The molecule has 0 aromatic rings. The molecule has 5 heteroatoms. The van der Waals surface area contributed by atoms with Gasteiger partial charge >= 0.3 is 5.97 Å². The van der Waals surface area contributed by atoms with Gasteiger partial charge in [0.1, 0.15) is 9.84 Å². The zero-order chi connectivity index (χ0) is 11.7. The van der Waals surface area contributed by atoms with Gasteiger partial charge in [-0.05, 0) is 19.3 Å². The van der Waals surface area contributed by atoms with E-state index < -0.39 is 15.8 Å². The van der Waals surface area contributed by atoms with Crippen LogP contribution in [-0.4, -0.2) is 31.0 Å². The Kier molecular flexibility index (Phi) is 7.38. The van der Waals surface area contributed by atoms with Crippen molar-refractivity contribution >= 4 is 15.8 Å². The normalized spacial score (nSPS) is 11.5. The molecule has 0 bridgehead atoms. The first-order valence-electron chi connectivity index (χ1n) is 5.40. The monoisotopic (exact) mass is 236 g/mol. The fraction of sp³-hybridized carbons (Fsp3) is 0.900. The van der Waals surface area contributed by atoms with E-state index in [2.05, 4.69) is 0 Å². The molecule has 0 aliphatic carbocycles. The summed E-state index contributed by atoms with van der Waals surface area (Å²) in [6.45, 7) is 2.03. The maximum Gasteiger partial charge on any atom is 0.303 e. The second kappa shape index (κ2) is 7.68. The fourth-order valence-corrected chi connectivity index (χ4v) is 2.76. The summed E-state index contributed by atoms with van der Waals surface area (Å²) in [7, 11) is -2.94. The molecule has 0 rings (SSSR count). The van der Waals surface area contributed by atoms with Crippen molar-refractivity contribution in [3.05, 3.63) is 0 Å². The van der Waals surface area contributed by atoms with Crippen molar-refractivity contribution in [2.45, 2.75) is 45.4 Å². The number of sulfone groups is 1. The standard InChI is InChI=1S/C10H20O4S/c1-2-3-5-8-15(13,14)9-6-4-7-10(11)12/h2-9H2,1H3,(H,11,12). The van der Waals surface area contributed by atoms with Gasteiger partial charge in [0.2, 0.25) is 0 Å². The molecule has 4 nitrogen and oxygen atoms in total. The highest BCUT2D eigenvalue weighted by molar-refractivity contribution is 7.91. The minimum atomic E-state index is -2.94. The maximum absolute atomic E-state index is 11.4. The SMILES string of the molecule is CCCCCS(=O)(=O)CCCCC(=O)O. The van der Waals surface area contributed by atoms with Crippen LogP contribution in [0.25, 0.3) is 0 Å². The Morgan fingerprint density at radius 1 is 1.07 bits per heavy atom. The second-order valence-corrected chi connectivity index (χ2v) is 6.01. The van der Waals surface area contributed by atoms with E-state index >= 15 is 0 Å². The third-order valence-electron chi connectivity index (χ3n) is 2.15. The van der Waals surface area contributed by atoms with E-state index in [1.165, 1.54) is 0 Å². The van der Waals surface area contributed by atoms with Gasteiger partial charge in [0.15, 0.2) is 0 Å². The highest BCUT2D eigenvalue weighted by atomic mass is 32.2. The number of unbranched alkanes of at least 4 members (excludes halogenated alkanes) is 3. The zero-order valence-electron chi connectivity index (χ0n) is 9.24. The average molecular weight is 236 g/mol. The van der Waals surface area contributed by atoms with Crippen LogP contribution in [0.15, 0.2) is 0 Å². The predicted octanol–water partition coefficient (Wildman–Crippen LogP) is 1.85. The molecule has 0 aliphatic rings. The first kappa shape index (κ1) is 14.4. The molecule has 0 spiro atoms. The number of hydrogen-bond donors (Lipinski definition) is 1. The van der Waals surface area contributed by atoms with Crippen LogP contribution in [0.3, 0.4) is 0 Å². The van der Waals surface area contributed by atoms with Crippen LogP contribution in [0.5, 0.6) is 0 Å². The molecule has 0 aliphatic heterocycles. The number of aliphatic carboxylic acids is 1. The molecule has 0 saturated heterocycles. The number of carboxylic acids is 1. The summed E-state index contributed by atoms with van der Waals surface area (Å²) in [5, 5.41) is 8.37. The Labute approximate surface area is 91.6 Å². The minimum absolute atomic E-state index is 0.0600. The molecular weight excluding hydrogens is 216 g/mol. The number of carboxylic acid groups (broad SMARTS) is 1. The fourth-order valence-electron chi connectivity index (χ4n) is 1.27. The van der Waals surface area contributed by atoms with Crippen LogP contribution in [-0.2, 0) is 14.6 Å². The Bertz CT molecular complexity index is 269. The molecule has 0 heterocycles. The van der Waals surface area contributed by atoms with Crippen molar-refractivity contribution in [1.82, 2.24) is 0 Å². The summed E-state index contributed by atoms with van der Waals surface area (Å²) in [5.74, 6) is -0.490. The lowest BCUT2D eigenvalue weighted by Gasteiger charge is -2.02. The molecule has 0 unspecified atom stereocenters. The third kappa shape index (κ3) is 9.72. The molecule has 90 valence electrons. The summed E-state index contributed by atoms with van der Waals surface area (Å²) in [5.41, 5.74) is 0. The molecule has 0 atom stereocenters. The summed E-state index contributed by atoms with van der Waals surface area (Å²) < 4.78 is 22.8. The third-order valence-corrected chi connectivity index (χ3v) is 3.98. The van der Waals surface area contributed by atoms with Gasteiger partial charge in [0, 0.05) is 6.42 Å². The maximum atomic E-state index is 11.4. The topological polar surface area (TPSA) is 71.4 Å². The Balaban J connectivity index is 3.60. The van der Waals surface area contributed by atoms with Crippen LogP contribution < -0.4 is 0 Å². The lowest BCUT2D eigenvalue weighted by molar-refractivity contribution is -0.137. The summed E-state index contributed by atoms with van der Waals surface area (Å²) in [6, 6.07) is 0. The van der Waals surface area contributed by atoms with Gasteiger partial charge in [0.25, 0.3) is 0 Å². The van der Waals surface area contributed by atoms with Crippen LogP contribution >= 0.6 is 0 Å². The summed E-state index contributed by atoms with van der Waals surface area (Å²) in [6.07, 6.45) is 3.63. The lowest BCUT2D eigenvalue weighted by Crippen LogP contribution is -2.11. The quantitative estimate of drug-likeness (QED) is 0.620. The van der Waals surface area contributed by atoms with Gasteiger partial charge in [-0.1, -0.05) is 19.8 Å². The molecule has 15 heavy (non-hydrogen) atoms. The molecule has 0 aromatic heterocycles. The highest BCUT2D eigenvalue weighted by Gasteiger charge is 2.09. The Morgan fingerprint density at radius 2 is 1.60 bits per heavy atom. The summed E-state index contributed by atoms with van der Waals surface area (Å²) in [4.78, 5) is 10.2. The number of rotatable bonds is 9. The van der Waals surface area contributed by atoms with Crippen LogP contribution in [0.2, 0.25) is 0 Å². The Morgan fingerprint density at radius 3 is 2.07 bits per heavy atom.